The highest BCUT2D eigenvalue weighted by Gasteiger charge is 2.35. The fraction of sp³-hybridized carbons (Fsp3) is 0.857. The molecular weight excluding hydrogens is 362 g/mol. The molecular formula is C21H37NO6. The van der Waals surface area contributed by atoms with Crippen LogP contribution in [0.5, 0.6) is 0 Å². The molecule has 1 amide bonds. The van der Waals surface area contributed by atoms with Crippen LogP contribution in [0.2, 0.25) is 0 Å². The third-order valence-corrected chi connectivity index (χ3v) is 5.66. The predicted molar refractivity (Wildman–Crippen MR) is 106 cm³/mol. The van der Waals surface area contributed by atoms with Crippen molar-refractivity contribution in [2.24, 2.45) is 11.3 Å². The molecule has 1 aliphatic rings. The van der Waals surface area contributed by atoms with Crippen LogP contribution in [0.3, 0.4) is 0 Å². The second-order valence-corrected chi connectivity index (χ2v) is 8.05. The van der Waals surface area contributed by atoms with E-state index in [0.717, 1.165) is 19.3 Å². The van der Waals surface area contributed by atoms with Crippen molar-refractivity contribution in [2.75, 3.05) is 19.8 Å². The lowest BCUT2D eigenvalue weighted by Crippen LogP contribution is -2.44. The van der Waals surface area contributed by atoms with Gasteiger partial charge in [-0.1, -0.05) is 27.2 Å². The number of hydrogen-bond donors (Lipinski definition) is 1. The van der Waals surface area contributed by atoms with Crippen LogP contribution in [-0.4, -0.2) is 49.8 Å². The van der Waals surface area contributed by atoms with Gasteiger partial charge in [-0.25, -0.2) is 4.79 Å². The summed E-state index contributed by atoms with van der Waals surface area (Å²) in [6.07, 6.45) is 4.36. The summed E-state index contributed by atoms with van der Waals surface area (Å²) >= 11 is 0. The fourth-order valence-corrected chi connectivity index (χ4v) is 3.54. The Morgan fingerprint density at radius 1 is 1.14 bits per heavy atom. The fourth-order valence-electron chi connectivity index (χ4n) is 3.54. The Morgan fingerprint density at radius 3 is 2.43 bits per heavy atom. The van der Waals surface area contributed by atoms with Gasteiger partial charge < -0.3 is 19.5 Å². The van der Waals surface area contributed by atoms with E-state index < -0.39 is 18.0 Å². The van der Waals surface area contributed by atoms with E-state index in [4.69, 9.17) is 14.2 Å². The zero-order valence-electron chi connectivity index (χ0n) is 18.0. The molecule has 3 atom stereocenters. The van der Waals surface area contributed by atoms with Gasteiger partial charge in [0.15, 0.2) is 0 Å². The molecule has 0 bridgehead atoms. The van der Waals surface area contributed by atoms with E-state index >= 15 is 0 Å². The van der Waals surface area contributed by atoms with E-state index in [9.17, 15) is 14.4 Å². The highest BCUT2D eigenvalue weighted by molar-refractivity contribution is 5.85. The number of carbonyl (C=O) groups is 3. The Kier molecular flexibility index (Phi) is 10.5. The van der Waals surface area contributed by atoms with Crippen molar-refractivity contribution in [3.05, 3.63) is 0 Å². The maximum absolute atomic E-state index is 12.3. The van der Waals surface area contributed by atoms with Gasteiger partial charge in [-0.2, -0.15) is 0 Å². The molecule has 162 valence electrons. The summed E-state index contributed by atoms with van der Waals surface area (Å²) in [5.41, 5.74) is 0.229. The number of carbonyl (C=O) groups excluding carboxylic acids is 3. The largest absolute Gasteiger partial charge is 0.466 e. The minimum atomic E-state index is -0.882. The van der Waals surface area contributed by atoms with E-state index in [2.05, 4.69) is 26.1 Å². The lowest BCUT2D eigenvalue weighted by atomic mass is 9.67. The highest BCUT2D eigenvalue weighted by Crippen LogP contribution is 2.42. The van der Waals surface area contributed by atoms with Gasteiger partial charge in [0.05, 0.1) is 19.3 Å². The van der Waals surface area contributed by atoms with Gasteiger partial charge in [0.2, 0.25) is 5.91 Å². The van der Waals surface area contributed by atoms with Crippen LogP contribution in [0, 0.1) is 11.3 Å². The van der Waals surface area contributed by atoms with Gasteiger partial charge in [-0.05, 0) is 50.9 Å². The second-order valence-electron chi connectivity index (χ2n) is 8.05. The molecule has 7 heteroatoms. The Hall–Kier alpha value is -1.63. The minimum Gasteiger partial charge on any atom is -0.466 e. The van der Waals surface area contributed by atoms with Crippen molar-refractivity contribution < 1.29 is 28.6 Å². The van der Waals surface area contributed by atoms with Gasteiger partial charge in [0.25, 0.3) is 0 Å². The summed E-state index contributed by atoms with van der Waals surface area (Å²) in [7, 11) is 0. The van der Waals surface area contributed by atoms with Gasteiger partial charge in [-0.3, -0.25) is 9.59 Å². The highest BCUT2D eigenvalue weighted by atomic mass is 16.5. The van der Waals surface area contributed by atoms with Crippen molar-refractivity contribution in [1.29, 1.82) is 0 Å². The van der Waals surface area contributed by atoms with Crippen molar-refractivity contribution >= 4 is 17.8 Å². The third kappa shape index (κ3) is 8.17. The van der Waals surface area contributed by atoms with Crippen molar-refractivity contribution in [1.82, 2.24) is 5.32 Å². The number of hydrogen-bond acceptors (Lipinski definition) is 6. The van der Waals surface area contributed by atoms with Gasteiger partial charge in [0.1, 0.15) is 12.6 Å². The quantitative estimate of drug-likeness (QED) is 0.537. The number of rotatable bonds is 11. The molecule has 0 spiro atoms. The Bertz CT molecular complexity index is 521. The van der Waals surface area contributed by atoms with Crippen molar-refractivity contribution in [3.8, 4) is 0 Å². The average molecular weight is 400 g/mol. The molecule has 1 N–H and O–H groups in total. The topological polar surface area (TPSA) is 90.9 Å². The SMILES string of the molecule is CCOC(=O)CC[C@H](NC(=O)COC1CCCC(C)(C(C)C)C1)C(=O)OCC. The summed E-state index contributed by atoms with van der Waals surface area (Å²) in [6, 6.07) is -0.882. The molecule has 0 aromatic heterocycles. The number of ether oxygens (including phenoxy) is 3. The van der Waals surface area contributed by atoms with E-state index in [1.54, 1.807) is 13.8 Å². The average Bonchev–Trinajstić information content (AvgIpc) is 2.64. The summed E-state index contributed by atoms with van der Waals surface area (Å²) in [6.45, 7) is 10.5. The summed E-state index contributed by atoms with van der Waals surface area (Å²) in [4.78, 5) is 35.9. The normalized spacial score (nSPS) is 23.1. The number of nitrogens with one attached hydrogen (secondary N) is 1. The molecule has 1 saturated carbocycles. The van der Waals surface area contributed by atoms with E-state index in [1.165, 1.54) is 6.42 Å². The molecule has 1 fully saturated rings. The molecule has 0 aliphatic heterocycles. The Labute approximate surface area is 168 Å². The van der Waals surface area contributed by atoms with Gasteiger partial charge >= 0.3 is 11.9 Å². The lowest BCUT2D eigenvalue weighted by Gasteiger charge is -2.41. The first-order valence-electron chi connectivity index (χ1n) is 10.4. The molecule has 28 heavy (non-hydrogen) atoms. The standard InChI is InChI=1S/C21H37NO6/c1-6-26-19(24)11-10-17(20(25)27-7-2)22-18(23)14-28-16-9-8-12-21(5,13-16)15(3)4/h15-17H,6-14H2,1-5H3,(H,22,23)/t16?,17-,21?/m0/s1. The molecule has 0 radical (unpaired) electrons. The third-order valence-electron chi connectivity index (χ3n) is 5.66. The molecule has 7 nitrogen and oxygen atoms in total. The molecule has 0 aromatic carbocycles. The predicted octanol–water partition coefficient (Wildman–Crippen LogP) is 3.00. The van der Waals surface area contributed by atoms with Crippen molar-refractivity contribution in [3.63, 3.8) is 0 Å². The van der Waals surface area contributed by atoms with Crippen LogP contribution in [0.15, 0.2) is 0 Å². The molecule has 1 rings (SSSR count). The zero-order valence-corrected chi connectivity index (χ0v) is 18.0. The smallest absolute Gasteiger partial charge is 0.328 e. The van der Waals surface area contributed by atoms with Gasteiger partial charge in [0, 0.05) is 6.42 Å². The van der Waals surface area contributed by atoms with E-state index in [0.29, 0.717) is 5.92 Å². The van der Waals surface area contributed by atoms with Crippen molar-refractivity contribution in [2.45, 2.75) is 85.3 Å². The van der Waals surface area contributed by atoms with Crippen LogP contribution in [0.1, 0.15) is 73.1 Å². The van der Waals surface area contributed by atoms with Crippen LogP contribution in [0.25, 0.3) is 0 Å². The molecule has 2 unspecified atom stereocenters. The van der Waals surface area contributed by atoms with Crippen LogP contribution >= 0.6 is 0 Å². The molecule has 0 saturated heterocycles. The molecule has 1 aliphatic carbocycles. The minimum absolute atomic E-state index is 0.0355. The van der Waals surface area contributed by atoms with E-state index in [-0.39, 0.29) is 50.1 Å². The Balaban J connectivity index is 2.52. The van der Waals surface area contributed by atoms with Crippen LogP contribution in [-0.2, 0) is 28.6 Å². The number of esters is 2. The molecule has 0 aromatic rings. The first kappa shape index (κ1) is 24.4. The first-order chi connectivity index (χ1) is 13.2. The van der Waals surface area contributed by atoms with Crippen LogP contribution < -0.4 is 5.32 Å². The Morgan fingerprint density at radius 2 is 1.82 bits per heavy atom. The van der Waals surface area contributed by atoms with Crippen LogP contribution in [0.4, 0.5) is 0 Å². The maximum Gasteiger partial charge on any atom is 0.328 e. The monoisotopic (exact) mass is 399 g/mol. The summed E-state index contributed by atoms with van der Waals surface area (Å²) < 4.78 is 15.7. The first-order valence-corrected chi connectivity index (χ1v) is 10.4. The second kappa shape index (κ2) is 12.0. The lowest BCUT2D eigenvalue weighted by molar-refractivity contribution is -0.149. The summed E-state index contributed by atoms with van der Waals surface area (Å²) in [5.74, 6) is -0.773. The summed E-state index contributed by atoms with van der Waals surface area (Å²) in [5, 5.41) is 2.64. The maximum atomic E-state index is 12.3. The zero-order chi connectivity index (χ0) is 21.2. The molecule has 0 heterocycles. The van der Waals surface area contributed by atoms with Gasteiger partial charge in [-0.15, -0.1) is 0 Å². The number of amides is 1. The van der Waals surface area contributed by atoms with E-state index in [1.807, 2.05) is 0 Å².